The number of carboxylic acids is 1. The fourth-order valence-corrected chi connectivity index (χ4v) is 4.16. The van der Waals surface area contributed by atoms with Crippen molar-refractivity contribution in [3.63, 3.8) is 0 Å². The largest absolute Gasteiger partial charge is 0.548 e. The maximum absolute atomic E-state index is 12.9. The number of carbonyl (C=O) groups is 2. The molecular formula is C16H24NO4-. The molecule has 118 valence electrons. The van der Waals surface area contributed by atoms with Crippen LogP contribution in [0.5, 0.6) is 0 Å². The molecule has 1 amide bonds. The summed E-state index contributed by atoms with van der Waals surface area (Å²) in [7, 11) is 0. The van der Waals surface area contributed by atoms with Gasteiger partial charge in [-0.05, 0) is 44.4 Å². The molecule has 1 heterocycles. The van der Waals surface area contributed by atoms with Crippen molar-refractivity contribution in [3.8, 4) is 0 Å². The molecule has 1 saturated heterocycles. The predicted molar refractivity (Wildman–Crippen MR) is 73.9 cm³/mol. The highest BCUT2D eigenvalue weighted by Gasteiger charge is 2.52. The lowest BCUT2D eigenvalue weighted by atomic mass is 9.83. The van der Waals surface area contributed by atoms with E-state index in [4.69, 9.17) is 4.74 Å². The highest BCUT2D eigenvalue weighted by molar-refractivity contribution is 5.86. The SMILES string of the molecule is CC1CCC2(CC1)OC[C@@H](C(=O)[O-])N2C(=O)C1CCCC1. The molecule has 0 aromatic heterocycles. The van der Waals surface area contributed by atoms with Crippen LogP contribution in [0.1, 0.15) is 58.3 Å². The smallest absolute Gasteiger partial charge is 0.228 e. The van der Waals surface area contributed by atoms with Crippen LogP contribution in [0.3, 0.4) is 0 Å². The van der Waals surface area contributed by atoms with Crippen molar-refractivity contribution in [1.82, 2.24) is 4.90 Å². The van der Waals surface area contributed by atoms with E-state index >= 15 is 0 Å². The molecule has 2 saturated carbocycles. The monoisotopic (exact) mass is 294 g/mol. The van der Waals surface area contributed by atoms with Gasteiger partial charge in [0.25, 0.3) is 0 Å². The second-order valence-electron chi connectivity index (χ2n) is 6.96. The van der Waals surface area contributed by atoms with Crippen LogP contribution in [0.25, 0.3) is 0 Å². The van der Waals surface area contributed by atoms with E-state index in [1.165, 1.54) is 0 Å². The molecule has 0 aromatic rings. The zero-order valence-corrected chi connectivity index (χ0v) is 12.7. The molecule has 5 nitrogen and oxygen atoms in total. The number of amides is 1. The van der Waals surface area contributed by atoms with Gasteiger partial charge in [0.05, 0.1) is 18.6 Å². The van der Waals surface area contributed by atoms with Gasteiger partial charge in [0, 0.05) is 5.92 Å². The average molecular weight is 294 g/mol. The third-order valence-electron chi connectivity index (χ3n) is 5.53. The van der Waals surface area contributed by atoms with Gasteiger partial charge in [0.2, 0.25) is 5.91 Å². The Hall–Kier alpha value is -1.10. The Bertz CT molecular complexity index is 422. The summed E-state index contributed by atoms with van der Waals surface area (Å²) in [6.07, 6.45) is 7.33. The van der Waals surface area contributed by atoms with Crippen LogP contribution in [-0.4, -0.2) is 35.2 Å². The van der Waals surface area contributed by atoms with Crippen molar-refractivity contribution < 1.29 is 19.4 Å². The Kier molecular flexibility index (Phi) is 3.95. The molecule has 1 atom stereocenters. The van der Waals surface area contributed by atoms with Crippen molar-refractivity contribution in [1.29, 1.82) is 0 Å². The van der Waals surface area contributed by atoms with Crippen molar-refractivity contribution in [2.75, 3.05) is 6.61 Å². The topological polar surface area (TPSA) is 69.7 Å². The quantitative estimate of drug-likeness (QED) is 0.763. The van der Waals surface area contributed by atoms with Crippen LogP contribution in [0.15, 0.2) is 0 Å². The highest BCUT2D eigenvalue weighted by Crippen LogP contribution is 2.44. The lowest BCUT2D eigenvalue weighted by molar-refractivity contribution is -0.311. The van der Waals surface area contributed by atoms with E-state index in [1.807, 2.05) is 0 Å². The molecule has 1 aliphatic heterocycles. The van der Waals surface area contributed by atoms with Crippen LogP contribution in [0, 0.1) is 11.8 Å². The van der Waals surface area contributed by atoms with Crippen LogP contribution < -0.4 is 5.11 Å². The first-order chi connectivity index (χ1) is 10.0. The Balaban J connectivity index is 1.85. The number of hydrogen-bond acceptors (Lipinski definition) is 4. The van der Waals surface area contributed by atoms with E-state index < -0.39 is 17.7 Å². The molecule has 3 rings (SSSR count). The molecule has 5 heteroatoms. The van der Waals surface area contributed by atoms with Gasteiger partial charge in [0.1, 0.15) is 5.72 Å². The molecule has 0 unspecified atom stereocenters. The Morgan fingerprint density at radius 2 is 1.76 bits per heavy atom. The van der Waals surface area contributed by atoms with Crippen molar-refractivity contribution >= 4 is 11.9 Å². The third kappa shape index (κ3) is 2.56. The molecule has 2 aliphatic carbocycles. The second kappa shape index (κ2) is 5.59. The van der Waals surface area contributed by atoms with Crippen molar-refractivity contribution in [2.24, 2.45) is 11.8 Å². The molecule has 1 spiro atoms. The van der Waals surface area contributed by atoms with Gasteiger partial charge in [-0.25, -0.2) is 0 Å². The molecule has 21 heavy (non-hydrogen) atoms. The highest BCUT2D eigenvalue weighted by atomic mass is 16.5. The number of ether oxygens (including phenoxy) is 1. The normalized spacial score (nSPS) is 37.3. The minimum absolute atomic E-state index is 0.0197. The summed E-state index contributed by atoms with van der Waals surface area (Å²) >= 11 is 0. The predicted octanol–water partition coefficient (Wildman–Crippen LogP) is 1.06. The van der Waals surface area contributed by atoms with Gasteiger partial charge in [-0.15, -0.1) is 0 Å². The van der Waals surface area contributed by atoms with Crippen LogP contribution in [0.4, 0.5) is 0 Å². The minimum atomic E-state index is -1.18. The molecule has 3 fully saturated rings. The summed E-state index contributed by atoms with van der Waals surface area (Å²) in [5, 5.41) is 11.4. The van der Waals surface area contributed by atoms with E-state index in [0.717, 1.165) is 51.4 Å². The first-order valence-corrected chi connectivity index (χ1v) is 8.21. The number of carbonyl (C=O) groups excluding carboxylic acids is 2. The minimum Gasteiger partial charge on any atom is -0.548 e. The van der Waals surface area contributed by atoms with Crippen LogP contribution in [0.2, 0.25) is 0 Å². The van der Waals surface area contributed by atoms with E-state index in [-0.39, 0.29) is 18.4 Å². The first kappa shape index (κ1) is 14.8. The fourth-order valence-electron chi connectivity index (χ4n) is 4.16. The zero-order valence-electron chi connectivity index (χ0n) is 12.7. The number of hydrogen-bond donors (Lipinski definition) is 0. The Morgan fingerprint density at radius 1 is 1.14 bits per heavy atom. The van der Waals surface area contributed by atoms with Crippen LogP contribution in [-0.2, 0) is 14.3 Å². The van der Waals surface area contributed by atoms with E-state index in [2.05, 4.69) is 6.92 Å². The zero-order chi connectivity index (χ0) is 15.0. The fraction of sp³-hybridized carbons (Fsp3) is 0.875. The molecule has 3 aliphatic rings. The standard InChI is InChI=1S/C16H25NO4/c1-11-6-8-16(9-7-11)17(13(10-21-16)15(19)20)14(18)12-4-2-3-5-12/h11-13H,2-10H2,1H3,(H,19,20)/p-1/t11?,13-,16?/m0/s1. The second-order valence-corrected chi connectivity index (χ2v) is 6.96. The van der Waals surface area contributed by atoms with Crippen molar-refractivity contribution in [3.05, 3.63) is 0 Å². The van der Waals surface area contributed by atoms with Gasteiger partial charge >= 0.3 is 0 Å². The average Bonchev–Trinajstić information content (AvgIpc) is 3.10. The van der Waals surface area contributed by atoms with Gasteiger partial charge in [-0.1, -0.05) is 19.8 Å². The Labute approximate surface area is 125 Å². The van der Waals surface area contributed by atoms with Gasteiger partial charge in [0.15, 0.2) is 0 Å². The summed E-state index contributed by atoms with van der Waals surface area (Å²) in [6.45, 7) is 2.27. The maximum atomic E-state index is 12.9. The first-order valence-electron chi connectivity index (χ1n) is 8.21. The third-order valence-corrected chi connectivity index (χ3v) is 5.53. The number of carboxylic acid groups (broad SMARTS) is 1. The number of rotatable bonds is 2. The van der Waals surface area contributed by atoms with Gasteiger partial charge in [-0.2, -0.15) is 0 Å². The molecule has 0 radical (unpaired) electrons. The molecular weight excluding hydrogens is 270 g/mol. The maximum Gasteiger partial charge on any atom is 0.228 e. The van der Waals surface area contributed by atoms with E-state index in [1.54, 1.807) is 4.90 Å². The lowest BCUT2D eigenvalue weighted by Gasteiger charge is -2.44. The van der Waals surface area contributed by atoms with Crippen LogP contribution >= 0.6 is 0 Å². The van der Waals surface area contributed by atoms with Crippen molar-refractivity contribution in [2.45, 2.75) is 70.1 Å². The Morgan fingerprint density at radius 3 is 2.33 bits per heavy atom. The summed E-state index contributed by atoms with van der Waals surface area (Å²) in [5.41, 5.74) is -0.684. The molecule has 0 aromatic carbocycles. The summed E-state index contributed by atoms with van der Waals surface area (Å²) in [6, 6.07) is -0.911. The summed E-state index contributed by atoms with van der Waals surface area (Å²) in [5.74, 6) is -0.611. The number of aliphatic carboxylic acids is 1. The lowest BCUT2D eigenvalue weighted by Crippen LogP contribution is -2.58. The summed E-state index contributed by atoms with van der Waals surface area (Å²) in [4.78, 5) is 25.9. The number of nitrogens with zero attached hydrogens (tertiary/aromatic N) is 1. The van der Waals surface area contributed by atoms with E-state index in [0.29, 0.717) is 5.92 Å². The summed E-state index contributed by atoms with van der Waals surface area (Å²) < 4.78 is 5.88. The van der Waals surface area contributed by atoms with E-state index in [9.17, 15) is 14.7 Å². The molecule has 0 bridgehead atoms. The van der Waals surface area contributed by atoms with Gasteiger partial charge < -0.3 is 19.5 Å². The molecule has 0 N–H and O–H groups in total. The van der Waals surface area contributed by atoms with Gasteiger partial charge in [-0.3, -0.25) is 4.79 Å².